The number of ether oxygens (including phenoxy) is 2. The predicted molar refractivity (Wildman–Crippen MR) is 145 cm³/mol. The van der Waals surface area contributed by atoms with Crippen molar-refractivity contribution in [2.45, 2.75) is 25.6 Å². The molecule has 1 aliphatic heterocycles. The summed E-state index contributed by atoms with van der Waals surface area (Å²) in [5.74, 6) is 0.753. The van der Waals surface area contributed by atoms with E-state index < -0.39 is 6.10 Å². The van der Waals surface area contributed by atoms with E-state index in [0.29, 0.717) is 35.5 Å². The van der Waals surface area contributed by atoms with Gasteiger partial charge in [0.2, 0.25) is 0 Å². The molecule has 1 fully saturated rings. The minimum Gasteiger partial charge on any atom is -0.481 e. The van der Waals surface area contributed by atoms with Crippen LogP contribution in [0.2, 0.25) is 10.0 Å². The quantitative estimate of drug-likeness (QED) is 0.299. The highest BCUT2D eigenvalue weighted by Gasteiger charge is 2.26. The summed E-state index contributed by atoms with van der Waals surface area (Å²) in [4.78, 5) is 17.1. The van der Waals surface area contributed by atoms with Crippen molar-refractivity contribution in [3.8, 4) is 5.75 Å². The molecule has 1 atom stereocenters. The van der Waals surface area contributed by atoms with Crippen LogP contribution in [0.25, 0.3) is 0 Å². The average Bonchev–Trinajstić information content (AvgIpc) is 2.91. The van der Waals surface area contributed by atoms with Crippen molar-refractivity contribution >= 4 is 29.1 Å². The third-order valence-electron chi connectivity index (χ3n) is 6.34. The zero-order valence-corrected chi connectivity index (χ0v) is 22.0. The minimum absolute atomic E-state index is 0.0376. The van der Waals surface area contributed by atoms with E-state index in [9.17, 15) is 4.79 Å². The molecule has 0 saturated carbocycles. The molecule has 4 rings (SSSR count). The predicted octanol–water partition coefficient (Wildman–Crippen LogP) is 6.10. The Morgan fingerprint density at radius 2 is 1.39 bits per heavy atom. The number of hydrogen-bond acceptors (Lipinski definition) is 4. The number of para-hydroxylation sites is 1. The number of hydrogen-bond donors (Lipinski definition) is 0. The highest BCUT2D eigenvalue weighted by molar-refractivity contribution is 6.30. The van der Waals surface area contributed by atoms with Crippen molar-refractivity contribution in [3.05, 3.63) is 100 Å². The van der Waals surface area contributed by atoms with Crippen molar-refractivity contribution in [3.63, 3.8) is 0 Å². The molecule has 36 heavy (non-hydrogen) atoms. The van der Waals surface area contributed by atoms with Gasteiger partial charge in [0.25, 0.3) is 5.91 Å². The Labute approximate surface area is 223 Å². The number of halogens is 2. The lowest BCUT2D eigenvalue weighted by molar-refractivity contribution is -0.139. The fourth-order valence-corrected chi connectivity index (χ4v) is 4.60. The summed E-state index contributed by atoms with van der Waals surface area (Å²) >= 11 is 12.2. The van der Waals surface area contributed by atoms with Crippen LogP contribution in [0.1, 0.15) is 30.6 Å². The maximum Gasteiger partial charge on any atom is 0.263 e. The van der Waals surface area contributed by atoms with Crippen molar-refractivity contribution in [1.82, 2.24) is 9.80 Å². The molecule has 1 amide bonds. The minimum atomic E-state index is -0.495. The molecular weight excluding hydrogens is 495 g/mol. The Balaban J connectivity index is 1.22. The normalized spacial score (nSPS) is 15.2. The molecular formula is C29H32Cl2N2O3. The first-order valence-corrected chi connectivity index (χ1v) is 13.1. The topological polar surface area (TPSA) is 42.0 Å². The van der Waals surface area contributed by atoms with Gasteiger partial charge in [-0.05, 0) is 60.9 Å². The summed E-state index contributed by atoms with van der Waals surface area (Å²) in [6.07, 6.45) is 0.226. The number of carbonyl (C=O) groups excluding carboxylic acids is 1. The first kappa shape index (κ1) is 26.5. The molecule has 0 spiro atoms. The molecule has 1 unspecified atom stereocenters. The SMILES string of the molecule is CC(Oc1ccccc1)C(=O)N1CCN(CCCOC(c2ccc(Cl)cc2)c2ccc(Cl)cc2)CC1. The zero-order chi connectivity index (χ0) is 25.3. The highest BCUT2D eigenvalue weighted by Crippen LogP contribution is 2.28. The van der Waals surface area contributed by atoms with E-state index in [1.807, 2.05) is 90.7 Å². The number of benzene rings is 3. The summed E-state index contributed by atoms with van der Waals surface area (Å²) in [6, 6.07) is 25.0. The van der Waals surface area contributed by atoms with Crippen molar-refractivity contribution < 1.29 is 14.3 Å². The van der Waals surface area contributed by atoms with Crippen molar-refractivity contribution in [2.75, 3.05) is 39.3 Å². The number of nitrogens with zero attached hydrogens (tertiary/aromatic N) is 2. The molecule has 1 heterocycles. The molecule has 0 aliphatic carbocycles. The molecule has 1 saturated heterocycles. The summed E-state index contributed by atoms with van der Waals surface area (Å²) in [7, 11) is 0. The fourth-order valence-electron chi connectivity index (χ4n) is 4.35. The summed E-state index contributed by atoms with van der Waals surface area (Å²) in [6.45, 7) is 6.48. The van der Waals surface area contributed by atoms with E-state index in [-0.39, 0.29) is 12.0 Å². The molecule has 0 N–H and O–H groups in total. The van der Waals surface area contributed by atoms with E-state index in [1.165, 1.54) is 0 Å². The number of rotatable bonds is 10. The molecule has 3 aromatic carbocycles. The summed E-state index contributed by atoms with van der Waals surface area (Å²) < 4.78 is 12.1. The molecule has 0 aromatic heterocycles. The van der Waals surface area contributed by atoms with Gasteiger partial charge in [-0.25, -0.2) is 0 Å². The Morgan fingerprint density at radius 3 is 1.94 bits per heavy atom. The van der Waals surface area contributed by atoms with E-state index in [2.05, 4.69) is 4.90 Å². The fraction of sp³-hybridized carbons (Fsp3) is 0.345. The molecule has 190 valence electrons. The first-order chi connectivity index (χ1) is 17.5. The Kier molecular flexibility index (Phi) is 9.65. The third-order valence-corrected chi connectivity index (χ3v) is 6.84. The van der Waals surface area contributed by atoms with Gasteiger partial charge in [-0.2, -0.15) is 0 Å². The van der Waals surface area contributed by atoms with Gasteiger partial charge in [-0.15, -0.1) is 0 Å². The third kappa shape index (κ3) is 7.47. The van der Waals surface area contributed by atoms with Gasteiger partial charge < -0.3 is 14.4 Å². The van der Waals surface area contributed by atoms with Crippen molar-refractivity contribution in [1.29, 1.82) is 0 Å². The van der Waals surface area contributed by atoms with Crippen LogP contribution in [-0.2, 0) is 9.53 Å². The number of carbonyl (C=O) groups is 1. The van der Waals surface area contributed by atoms with Crippen LogP contribution in [-0.4, -0.2) is 61.1 Å². The van der Waals surface area contributed by atoms with Crippen LogP contribution in [0.4, 0.5) is 0 Å². The average molecular weight is 527 g/mol. The summed E-state index contributed by atoms with van der Waals surface area (Å²) in [5.41, 5.74) is 2.11. The monoisotopic (exact) mass is 526 g/mol. The van der Waals surface area contributed by atoms with Crippen LogP contribution < -0.4 is 4.74 Å². The lowest BCUT2D eigenvalue weighted by atomic mass is 10.0. The van der Waals surface area contributed by atoms with Gasteiger partial charge in [0.1, 0.15) is 11.9 Å². The first-order valence-electron chi connectivity index (χ1n) is 12.3. The van der Waals surface area contributed by atoms with Crippen LogP contribution >= 0.6 is 23.2 Å². The molecule has 3 aromatic rings. The van der Waals surface area contributed by atoms with E-state index in [1.54, 1.807) is 0 Å². The second-order valence-electron chi connectivity index (χ2n) is 8.95. The molecule has 7 heteroatoms. The summed E-state index contributed by atoms with van der Waals surface area (Å²) in [5, 5.41) is 1.40. The molecule has 5 nitrogen and oxygen atoms in total. The molecule has 0 bridgehead atoms. The zero-order valence-electron chi connectivity index (χ0n) is 20.5. The largest absolute Gasteiger partial charge is 0.481 e. The van der Waals surface area contributed by atoms with E-state index >= 15 is 0 Å². The second kappa shape index (κ2) is 13.1. The Hall–Kier alpha value is -2.57. The van der Waals surface area contributed by atoms with E-state index in [4.69, 9.17) is 32.7 Å². The van der Waals surface area contributed by atoms with Gasteiger partial charge >= 0.3 is 0 Å². The van der Waals surface area contributed by atoms with Gasteiger partial charge in [0, 0.05) is 49.4 Å². The van der Waals surface area contributed by atoms with Crippen LogP contribution in [0.5, 0.6) is 5.75 Å². The van der Waals surface area contributed by atoms with Crippen LogP contribution in [0, 0.1) is 0 Å². The lowest BCUT2D eigenvalue weighted by Crippen LogP contribution is -2.52. The number of amides is 1. The van der Waals surface area contributed by atoms with Gasteiger partial charge in [0.05, 0.1) is 0 Å². The lowest BCUT2D eigenvalue weighted by Gasteiger charge is -2.36. The molecule has 0 radical (unpaired) electrons. The van der Waals surface area contributed by atoms with Crippen LogP contribution in [0.3, 0.4) is 0 Å². The Morgan fingerprint density at radius 1 is 0.833 bits per heavy atom. The van der Waals surface area contributed by atoms with Gasteiger partial charge in [-0.1, -0.05) is 65.7 Å². The maximum atomic E-state index is 12.8. The second-order valence-corrected chi connectivity index (χ2v) is 9.82. The van der Waals surface area contributed by atoms with E-state index in [0.717, 1.165) is 37.2 Å². The maximum absolute atomic E-state index is 12.8. The Bertz CT molecular complexity index is 1040. The highest BCUT2D eigenvalue weighted by atomic mass is 35.5. The van der Waals surface area contributed by atoms with Crippen molar-refractivity contribution in [2.24, 2.45) is 0 Å². The standard InChI is InChI=1S/C29H32Cl2N2O3/c1-22(36-27-6-3-2-4-7-27)29(34)33-19-17-32(18-20-33)16-5-21-35-28(23-8-12-25(30)13-9-23)24-10-14-26(31)15-11-24/h2-4,6-15,22,28H,5,16-21H2,1H3. The van der Waals surface area contributed by atoms with Gasteiger partial charge in [-0.3, -0.25) is 9.69 Å². The smallest absolute Gasteiger partial charge is 0.263 e. The molecule has 1 aliphatic rings. The number of piperazine rings is 1. The van der Waals surface area contributed by atoms with Crippen LogP contribution in [0.15, 0.2) is 78.9 Å². The van der Waals surface area contributed by atoms with Gasteiger partial charge in [0.15, 0.2) is 6.10 Å².